The molecule has 4 nitrogen and oxygen atoms in total. The van der Waals surface area contributed by atoms with Gasteiger partial charge in [0, 0.05) is 5.41 Å². The Labute approximate surface area is 89.2 Å². The second-order valence-corrected chi connectivity index (χ2v) is 4.48. The molecule has 2 aromatic rings. The molecule has 2 aromatic heterocycles. The van der Waals surface area contributed by atoms with Gasteiger partial charge in [-0.3, -0.25) is 0 Å². The molecular formula is C11H16N4. The van der Waals surface area contributed by atoms with Crippen LogP contribution in [0.1, 0.15) is 39.4 Å². The maximum absolute atomic E-state index is 4.50. The zero-order valence-electron chi connectivity index (χ0n) is 9.41. The molecule has 0 atom stereocenters. The van der Waals surface area contributed by atoms with E-state index in [2.05, 4.69) is 40.7 Å². The highest BCUT2D eigenvalue weighted by atomic mass is 15.0. The minimum absolute atomic E-state index is 0.0788. The Bertz CT molecular complexity index is 425. The minimum Gasteiger partial charge on any atom is -0.339 e. The first-order valence-corrected chi connectivity index (χ1v) is 5.29. The third-order valence-corrected chi connectivity index (χ3v) is 2.68. The lowest BCUT2D eigenvalue weighted by atomic mass is 9.87. The Hall–Kier alpha value is -1.45. The number of nitrogens with zero attached hydrogens (tertiary/aromatic N) is 3. The zero-order valence-corrected chi connectivity index (χ0v) is 9.41. The lowest BCUT2D eigenvalue weighted by molar-refractivity contribution is 0.449. The highest BCUT2D eigenvalue weighted by Crippen LogP contribution is 2.26. The fourth-order valence-electron chi connectivity index (χ4n) is 1.83. The van der Waals surface area contributed by atoms with Crippen LogP contribution in [0.2, 0.25) is 0 Å². The van der Waals surface area contributed by atoms with E-state index >= 15 is 0 Å². The summed E-state index contributed by atoms with van der Waals surface area (Å²) in [5.41, 5.74) is 1.75. The molecule has 0 aromatic carbocycles. The number of imidazole rings is 1. The number of nitrogens with one attached hydrogen (secondary N) is 1. The standard InChI is InChI=1S/C11H16N4/c1-4-5-11(2,3)10-14-8-6-12-7-13-9(8)15-10/h6-7H,4-5H2,1-3H3,(H,12,13,14,15). The van der Waals surface area contributed by atoms with Crippen molar-refractivity contribution in [3.05, 3.63) is 18.3 Å². The van der Waals surface area contributed by atoms with E-state index < -0.39 is 0 Å². The van der Waals surface area contributed by atoms with Gasteiger partial charge >= 0.3 is 0 Å². The highest BCUT2D eigenvalue weighted by molar-refractivity contribution is 5.68. The number of aromatic amines is 1. The highest BCUT2D eigenvalue weighted by Gasteiger charge is 2.23. The van der Waals surface area contributed by atoms with Crippen molar-refractivity contribution in [3.63, 3.8) is 0 Å². The number of H-pyrrole nitrogens is 1. The second kappa shape index (κ2) is 3.61. The summed E-state index contributed by atoms with van der Waals surface area (Å²) in [4.78, 5) is 15.9. The fourth-order valence-corrected chi connectivity index (χ4v) is 1.83. The maximum Gasteiger partial charge on any atom is 0.180 e. The van der Waals surface area contributed by atoms with E-state index in [1.54, 1.807) is 6.20 Å². The van der Waals surface area contributed by atoms with Crippen molar-refractivity contribution in [2.24, 2.45) is 0 Å². The Balaban J connectivity index is 2.44. The van der Waals surface area contributed by atoms with E-state index in [0.717, 1.165) is 29.8 Å². The summed E-state index contributed by atoms with van der Waals surface area (Å²) in [6, 6.07) is 0. The summed E-state index contributed by atoms with van der Waals surface area (Å²) in [5, 5.41) is 0. The Morgan fingerprint density at radius 2 is 2.20 bits per heavy atom. The van der Waals surface area contributed by atoms with Crippen LogP contribution >= 0.6 is 0 Å². The molecule has 2 rings (SSSR count). The van der Waals surface area contributed by atoms with E-state index in [9.17, 15) is 0 Å². The molecule has 4 heteroatoms. The molecule has 0 bridgehead atoms. The summed E-state index contributed by atoms with van der Waals surface area (Å²) in [6.45, 7) is 6.58. The minimum atomic E-state index is 0.0788. The molecule has 1 N–H and O–H groups in total. The van der Waals surface area contributed by atoms with Gasteiger partial charge in [-0.25, -0.2) is 15.0 Å². The monoisotopic (exact) mass is 204 g/mol. The molecule has 2 heterocycles. The molecule has 0 spiro atoms. The van der Waals surface area contributed by atoms with E-state index in [1.165, 1.54) is 6.33 Å². The van der Waals surface area contributed by atoms with Crippen molar-refractivity contribution >= 4 is 11.2 Å². The van der Waals surface area contributed by atoms with Gasteiger partial charge in [-0.15, -0.1) is 0 Å². The van der Waals surface area contributed by atoms with E-state index in [-0.39, 0.29) is 5.41 Å². The average molecular weight is 204 g/mol. The van der Waals surface area contributed by atoms with E-state index in [0.29, 0.717) is 0 Å². The maximum atomic E-state index is 4.50. The van der Waals surface area contributed by atoms with Crippen molar-refractivity contribution in [3.8, 4) is 0 Å². The second-order valence-electron chi connectivity index (χ2n) is 4.48. The van der Waals surface area contributed by atoms with Crippen LogP contribution in [0.3, 0.4) is 0 Å². The molecular weight excluding hydrogens is 188 g/mol. The molecule has 0 saturated carbocycles. The molecule has 0 aliphatic rings. The van der Waals surface area contributed by atoms with Gasteiger partial charge in [0.05, 0.1) is 6.20 Å². The lowest BCUT2D eigenvalue weighted by Gasteiger charge is -2.20. The molecule has 0 amide bonds. The van der Waals surface area contributed by atoms with Crippen molar-refractivity contribution < 1.29 is 0 Å². The quantitative estimate of drug-likeness (QED) is 0.835. The van der Waals surface area contributed by atoms with Gasteiger partial charge in [0.2, 0.25) is 0 Å². The van der Waals surface area contributed by atoms with Gasteiger partial charge < -0.3 is 4.98 Å². The summed E-state index contributed by atoms with van der Waals surface area (Å²) >= 11 is 0. The number of aromatic nitrogens is 4. The lowest BCUT2D eigenvalue weighted by Crippen LogP contribution is -2.18. The van der Waals surface area contributed by atoms with Gasteiger partial charge in [-0.1, -0.05) is 27.2 Å². The van der Waals surface area contributed by atoms with Crippen molar-refractivity contribution in [1.29, 1.82) is 0 Å². The topological polar surface area (TPSA) is 54.5 Å². The Kier molecular flexibility index (Phi) is 2.42. The Morgan fingerprint density at radius 3 is 2.87 bits per heavy atom. The molecule has 0 unspecified atom stereocenters. The van der Waals surface area contributed by atoms with Crippen molar-refractivity contribution in [2.75, 3.05) is 0 Å². The third kappa shape index (κ3) is 1.84. The van der Waals surface area contributed by atoms with Crippen molar-refractivity contribution in [1.82, 2.24) is 19.9 Å². The largest absolute Gasteiger partial charge is 0.339 e. The van der Waals surface area contributed by atoms with Gasteiger partial charge in [0.15, 0.2) is 5.65 Å². The van der Waals surface area contributed by atoms with Crippen LogP contribution in [0.25, 0.3) is 11.2 Å². The molecule has 80 valence electrons. The first-order chi connectivity index (χ1) is 7.13. The van der Waals surface area contributed by atoms with Crippen LogP contribution in [0.5, 0.6) is 0 Å². The van der Waals surface area contributed by atoms with Gasteiger partial charge in [-0.2, -0.15) is 0 Å². The predicted octanol–water partition coefficient (Wildman–Crippen LogP) is 2.43. The van der Waals surface area contributed by atoms with Gasteiger partial charge in [-0.05, 0) is 6.42 Å². The average Bonchev–Trinajstić information content (AvgIpc) is 2.61. The predicted molar refractivity (Wildman–Crippen MR) is 59.6 cm³/mol. The van der Waals surface area contributed by atoms with Gasteiger partial charge in [0.25, 0.3) is 0 Å². The molecule has 0 saturated heterocycles. The molecule has 0 radical (unpaired) electrons. The van der Waals surface area contributed by atoms with E-state index in [1.807, 2.05) is 0 Å². The number of hydrogen-bond donors (Lipinski definition) is 1. The first-order valence-electron chi connectivity index (χ1n) is 5.29. The van der Waals surface area contributed by atoms with Crippen LogP contribution in [-0.2, 0) is 5.41 Å². The normalized spacial score (nSPS) is 12.2. The summed E-state index contributed by atoms with van der Waals surface area (Å²) in [6.07, 6.45) is 5.55. The van der Waals surface area contributed by atoms with Crippen LogP contribution in [0.15, 0.2) is 12.5 Å². The number of fused-ring (bicyclic) bond motifs is 1. The SMILES string of the molecule is CCCC(C)(C)c1nc2ncncc2[nH]1. The van der Waals surface area contributed by atoms with Crippen LogP contribution in [-0.4, -0.2) is 19.9 Å². The third-order valence-electron chi connectivity index (χ3n) is 2.68. The number of rotatable bonds is 3. The molecule has 0 aliphatic carbocycles. The van der Waals surface area contributed by atoms with Crippen LogP contribution < -0.4 is 0 Å². The van der Waals surface area contributed by atoms with Crippen LogP contribution in [0.4, 0.5) is 0 Å². The summed E-state index contributed by atoms with van der Waals surface area (Å²) < 4.78 is 0. The Morgan fingerprint density at radius 1 is 1.40 bits per heavy atom. The van der Waals surface area contributed by atoms with Crippen LogP contribution in [0, 0.1) is 0 Å². The molecule has 0 aliphatic heterocycles. The van der Waals surface area contributed by atoms with E-state index in [4.69, 9.17) is 0 Å². The first kappa shape index (κ1) is 10.1. The molecule has 15 heavy (non-hydrogen) atoms. The number of hydrogen-bond acceptors (Lipinski definition) is 3. The summed E-state index contributed by atoms with van der Waals surface area (Å²) in [5.74, 6) is 1.000. The smallest absolute Gasteiger partial charge is 0.180 e. The molecule has 0 fully saturated rings. The van der Waals surface area contributed by atoms with Crippen molar-refractivity contribution in [2.45, 2.75) is 39.0 Å². The summed E-state index contributed by atoms with van der Waals surface area (Å²) in [7, 11) is 0. The zero-order chi connectivity index (χ0) is 10.9. The fraction of sp³-hybridized carbons (Fsp3) is 0.545. The van der Waals surface area contributed by atoms with Gasteiger partial charge in [0.1, 0.15) is 17.7 Å².